The quantitative estimate of drug-likeness (QED) is 0.800. The summed E-state index contributed by atoms with van der Waals surface area (Å²) in [5, 5.41) is 10.8. The normalized spacial score (nSPS) is 17.6. The molecule has 3 aromatic rings. The fraction of sp³-hybridized carbons (Fsp3) is 0.400. The predicted octanol–water partition coefficient (Wildman–Crippen LogP) is 2.41. The average molecular weight is 315 g/mol. The lowest BCUT2D eigenvalue weighted by atomic mass is 10.1. The molecule has 1 atom stereocenters. The van der Waals surface area contributed by atoms with E-state index in [1.54, 1.807) is 17.7 Å². The van der Waals surface area contributed by atoms with Crippen LogP contribution in [0.5, 0.6) is 0 Å². The summed E-state index contributed by atoms with van der Waals surface area (Å²) < 4.78 is 7.60. The van der Waals surface area contributed by atoms with Gasteiger partial charge in [0.1, 0.15) is 17.9 Å². The summed E-state index contributed by atoms with van der Waals surface area (Å²) in [7, 11) is 0. The van der Waals surface area contributed by atoms with E-state index < -0.39 is 0 Å². The molecule has 7 heteroatoms. The Kier molecular flexibility index (Phi) is 3.51. The lowest BCUT2D eigenvalue weighted by molar-refractivity contribution is 0.357. The van der Waals surface area contributed by atoms with Crippen molar-refractivity contribution in [1.29, 1.82) is 0 Å². The van der Waals surface area contributed by atoms with Gasteiger partial charge in [-0.3, -0.25) is 0 Å². The highest BCUT2D eigenvalue weighted by atomic mass is 32.1. The molecule has 114 valence electrons. The molecule has 0 saturated heterocycles. The van der Waals surface area contributed by atoms with Crippen LogP contribution in [0.2, 0.25) is 0 Å². The maximum Gasteiger partial charge on any atom is 0.162 e. The van der Waals surface area contributed by atoms with Gasteiger partial charge in [-0.05, 0) is 25.5 Å². The van der Waals surface area contributed by atoms with E-state index in [0.29, 0.717) is 6.04 Å². The van der Waals surface area contributed by atoms with Gasteiger partial charge in [0.05, 0.1) is 12.2 Å². The van der Waals surface area contributed by atoms with Crippen LogP contribution in [0.4, 0.5) is 0 Å². The number of hydrogen-bond donors (Lipinski definition) is 1. The fourth-order valence-corrected chi connectivity index (χ4v) is 3.48. The summed E-state index contributed by atoms with van der Waals surface area (Å²) >= 11 is 1.62. The van der Waals surface area contributed by atoms with Crippen LogP contribution in [0, 0.1) is 6.92 Å². The Morgan fingerprint density at radius 2 is 2.41 bits per heavy atom. The van der Waals surface area contributed by atoms with Gasteiger partial charge in [-0.2, -0.15) is 5.10 Å². The van der Waals surface area contributed by atoms with E-state index in [-0.39, 0.29) is 0 Å². The van der Waals surface area contributed by atoms with Crippen molar-refractivity contribution in [3.05, 3.63) is 41.1 Å². The predicted molar refractivity (Wildman–Crippen MR) is 83.5 cm³/mol. The number of rotatable bonds is 4. The molecule has 1 N–H and O–H groups in total. The number of fused-ring (bicyclic) bond motifs is 1. The fourth-order valence-electron chi connectivity index (χ4n) is 2.70. The molecule has 0 aromatic carbocycles. The van der Waals surface area contributed by atoms with Gasteiger partial charge >= 0.3 is 0 Å². The topological polar surface area (TPSA) is 68.8 Å². The van der Waals surface area contributed by atoms with Crippen molar-refractivity contribution in [2.75, 3.05) is 0 Å². The van der Waals surface area contributed by atoms with Crippen LogP contribution in [-0.2, 0) is 19.5 Å². The maximum absolute atomic E-state index is 5.62. The van der Waals surface area contributed by atoms with Gasteiger partial charge in [-0.1, -0.05) is 0 Å². The standard InChI is InChI=1S/C15H17N5OS/c1-10-2-4-13(21-10)15-19-12(8-22-15)6-16-11-3-5-14-17-9-18-20(14)7-11/h2,4,8-9,11,16H,3,5-7H2,1H3/t11-/m1/s1. The van der Waals surface area contributed by atoms with Crippen LogP contribution in [0.1, 0.15) is 23.7 Å². The third kappa shape index (κ3) is 2.69. The molecule has 1 aliphatic rings. The van der Waals surface area contributed by atoms with Crippen LogP contribution in [0.15, 0.2) is 28.3 Å². The zero-order valence-electron chi connectivity index (χ0n) is 12.3. The average Bonchev–Trinajstić information content (AvgIpc) is 3.24. The van der Waals surface area contributed by atoms with Crippen molar-refractivity contribution in [2.24, 2.45) is 0 Å². The molecule has 22 heavy (non-hydrogen) atoms. The Morgan fingerprint density at radius 3 is 3.27 bits per heavy atom. The molecule has 6 nitrogen and oxygen atoms in total. The number of aromatic nitrogens is 4. The van der Waals surface area contributed by atoms with E-state index >= 15 is 0 Å². The number of furan rings is 1. The second kappa shape index (κ2) is 5.66. The molecule has 4 rings (SSSR count). The largest absolute Gasteiger partial charge is 0.459 e. The van der Waals surface area contributed by atoms with Crippen LogP contribution >= 0.6 is 11.3 Å². The lowest BCUT2D eigenvalue weighted by Crippen LogP contribution is -2.37. The minimum atomic E-state index is 0.421. The Labute approximate surface area is 132 Å². The van der Waals surface area contributed by atoms with E-state index in [1.165, 1.54) is 0 Å². The third-order valence-corrected chi connectivity index (χ3v) is 4.79. The van der Waals surface area contributed by atoms with E-state index in [2.05, 4.69) is 25.8 Å². The van der Waals surface area contributed by atoms with Crippen LogP contribution in [0.25, 0.3) is 10.8 Å². The first kappa shape index (κ1) is 13.7. The van der Waals surface area contributed by atoms with Gasteiger partial charge in [-0.15, -0.1) is 11.3 Å². The molecule has 3 aromatic heterocycles. The minimum absolute atomic E-state index is 0.421. The van der Waals surface area contributed by atoms with Crippen molar-refractivity contribution in [3.8, 4) is 10.8 Å². The second-order valence-electron chi connectivity index (χ2n) is 5.53. The van der Waals surface area contributed by atoms with Gasteiger partial charge in [-0.25, -0.2) is 14.6 Å². The summed E-state index contributed by atoms with van der Waals surface area (Å²) in [4.78, 5) is 8.89. The minimum Gasteiger partial charge on any atom is -0.459 e. The highest BCUT2D eigenvalue weighted by Crippen LogP contribution is 2.25. The first-order valence-electron chi connectivity index (χ1n) is 7.39. The maximum atomic E-state index is 5.62. The van der Waals surface area contributed by atoms with E-state index in [1.807, 2.05) is 23.7 Å². The molecule has 0 amide bonds. The van der Waals surface area contributed by atoms with E-state index in [0.717, 1.165) is 54.0 Å². The molecule has 4 heterocycles. The van der Waals surface area contributed by atoms with Crippen LogP contribution in [-0.4, -0.2) is 25.8 Å². The van der Waals surface area contributed by atoms with Crippen molar-refractivity contribution >= 4 is 11.3 Å². The van der Waals surface area contributed by atoms with Crippen molar-refractivity contribution in [3.63, 3.8) is 0 Å². The first-order valence-corrected chi connectivity index (χ1v) is 8.27. The Balaban J connectivity index is 1.38. The Morgan fingerprint density at radius 1 is 1.45 bits per heavy atom. The number of aryl methyl sites for hydroxylation is 2. The summed E-state index contributed by atoms with van der Waals surface area (Å²) in [5.74, 6) is 2.84. The first-order chi connectivity index (χ1) is 10.8. The van der Waals surface area contributed by atoms with Crippen LogP contribution in [0.3, 0.4) is 0 Å². The molecule has 0 fully saturated rings. The number of hydrogen-bond acceptors (Lipinski definition) is 6. The SMILES string of the molecule is Cc1ccc(-c2nc(CN[C@@H]3CCc4ncnn4C3)cs2)o1. The van der Waals surface area contributed by atoms with E-state index in [4.69, 9.17) is 4.42 Å². The Bertz CT molecular complexity index is 774. The molecule has 0 unspecified atom stereocenters. The smallest absolute Gasteiger partial charge is 0.162 e. The zero-order chi connectivity index (χ0) is 14.9. The van der Waals surface area contributed by atoms with Gasteiger partial charge in [0.15, 0.2) is 10.8 Å². The number of nitrogens with one attached hydrogen (secondary N) is 1. The number of nitrogens with zero attached hydrogens (tertiary/aromatic N) is 4. The molecule has 0 saturated carbocycles. The van der Waals surface area contributed by atoms with Gasteiger partial charge in [0.2, 0.25) is 0 Å². The molecular weight excluding hydrogens is 298 g/mol. The van der Waals surface area contributed by atoms with E-state index in [9.17, 15) is 0 Å². The Hall–Kier alpha value is -1.99. The number of thiazole rings is 1. The van der Waals surface area contributed by atoms with Crippen molar-refractivity contribution in [2.45, 2.75) is 38.9 Å². The zero-order valence-corrected chi connectivity index (χ0v) is 13.1. The molecular formula is C15H17N5OS. The molecule has 1 aliphatic heterocycles. The third-order valence-electron chi connectivity index (χ3n) is 3.88. The second-order valence-corrected chi connectivity index (χ2v) is 6.39. The van der Waals surface area contributed by atoms with Crippen molar-refractivity contribution < 1.29 is 4.42 Å². The summed E-state index contributed by atoms with van der Waals surface area (Å²) in [6.07, 6.45) is 3.70. The lowest BCUT2D eigenvalue weighted by Gasteiger charge is -2.23. The summed E-state index contributed by atoms with van der Waals surface area (Å²) in [6, 6.07) is 4.36. The monoisotopic (exact) mass is 315 g/mol. The summed E-state index contributed by atoms with van der Waals surface area (Å²) in [6.45, 7) is 3.59. The molecule has 0 spiro atoms. The van der Waals surface area contributed by atoms with Gasteiger partial charge < -0.3 is 9.73 Å². The molecule has 0 bridgehead atoms. The highest BCUT2D eigenvalue weighted by molar-refractivity contribution is 7.13. The highest BCUT2D eigenvalue weighted by Gasteiger charge is 2.19. The van der Waals surface area contributed by atoms with Gasteiger partial charge in [0.25, 0.3) is 0 Å². The van der Waals surface area contributed by atoms with Crippen LogP contribution < -0.4 is 5.32 Å². The summed E-state index contributed by atoms with van der Waals surface area (Å²) in [5.41, 5.74) is 1.05. The van der Waals surface area contributed by atoms with Gasteiger partial charge in [0, 0.05) is 24.4 Å². The van der Waals surface area contributed by atoms with Crippen molar-refractivity contribution in [1.82, 2.24) is 25.1 Å². The molecule has 0 aliphatic carbocycles. The molecule has 0 radical (unpaired) electrons.